The molecule has 1 amide bonds. The van der Waals surface area contributed by atoms with E-state index in [4.69, 9.17) is 34.8 Å². The third-order valence-electron chi connectivity index (χ3n) is 6.15. The second-order valence-corrected chi connectivity index (χ2v) is 10.5. The van der Waals surface area contributed by atoms with Crippen molar-refractivity contribution in [3.05, 3.63) is 98.4 Å². The molecule has 40 heavy (non-hydrogen) atoms. The van der Waals surface area contributed by atoms with Gasteiger partial charge in [-0.05, 0) is 29.7 Å². The summed E-state index contributed by atoms with van der Waals surface area (Å²) in [6.45, 7) is 4.21. The molecule has 0 aliphatic carbocycles. The van der Waals surface area contributed by atoms with E-state index in [0.717, 1.165) is 11.6 Å². The number of hydrogen-bond acceptors (Lipinski definition) is 4. The zero-order valence-electron chi connectivity index (χ0n) is 21.0. The quantitative estimate of drug-likeness (QED) is 0.212. The van der Waals surface area contributed by atoms with Crippen molar-refractivity contribution in [2.75, 3.05) is 5.32 Å². The van der Waals surface area contributed by atoms with Gasteiger partial charge in [0.05, 0.1) is 12.2 Å². The van der Waals surface area contributed by atoms with Crippen molar-refractivity contribution in [3.8, 4) is 11.3 Å². The molecule has 0 unspecified atom stereocenters. The van der Waals surface area contributed by atoms with Gasteiger partial charge in [0, 0.05) is 33.4 Å². The SMILES string of the molecule is CC(C)c1ccc(-c2cc(C(F)(F)F)n3nc(C(=O)Nc4nn(Cc5c(Cl)cccc5Cl)cc4Cl)cc3n2)cc1. The Morgan fingerprint density at radius 2 is 1.65 bits per heavy atom. The van der Waals surface area contributed by atoms with Gasteiger partial charge in [-0.1, -0.05) is 79.0 Å². The van der Waals surface area contributed by atoms with Crippen LogP contribution in [0.3, 0.4) is 0 Å². The number of halogens is 6. The maximum absolute atomic E-state index is 14.0. The molecule has 5 rings (SSSR count). The van der Waals surface area contributed by atoms with E-state index in [9.17, 15) is 18.0 Å². The molecule has 0 saturated carbocycles. The smallest absolute Gasteiger partial charge is 0.302 e. The first-order valence-corrected chi connectivity index (χ1v) is 13.1. The minimum absolute atomic E-state index is 0.0122. The second-order valence-electron chi connectivity index (χ2n) is 9.28. The summed E-state index contributed by atoms with van der Waals surface area (Å²) in [5, 5.41) is 11.6. The molecular formula is C27H20Cl3F3N6O. The van der Waals surface area contributed by atoms with Crippen molar-refractivity contribution < 1.29 is 18.0 Å². The number of hydrogen-bond donors (Lipinski definition) is 1. The third-order valence-corrected chi connectivity index (χ3v) is 7.14. The molecule has 3 heterocycles. The molecule has 3 aromatic heterocycles. The van der Waals surface area contributed by atoms with Gasteiger partial charge < -0.3 is 5.32 Å². The molecule has 0 spiro atoms. The average Bonchev–Trinajstić information content (AvgIpc) is 3.48. The molecule has 0 atom stereocenters. The zero-order valence-corrected chi connectivity index (χ0v) is 23.2. The van der Waals surface area contributed by atoms with Crippen LogP contribution >= 0.6 is 34.8 Å². The van der Waals surface area contributed by atoms with Gasteiger partial charge in [0.1, 0.15) is 5.02 Å². The van der Waals surface area contributed by atoms with Crippen LogP contribution in [0.15, 0.2) is 60.8 Å². The van der Waals surface area contributed by atoms with Crippen LogP contribution in [0.4, 0.5) is 19.0 Å². The molecule has 7 nitrogen and oxygen atoms in total. The third kappa shape index (κ3) is 5.65. The van der Waals surface area contributed by atoms with E-state index in [2.05, 4.69) is 20.5 Å². The van der Waals surface area contributed by atoms with E-state index < -0.39 is 17.8 Å². The summed E-state index contributed by atoms with van der Waals surface area (Å²) in [6, 6.07) is 14.3. The van der Waals surface area contributed by atoms with Crippen LogP contribution in [0.5, 0.6) is 0 Å². The van der Waals surface area contributed by atoms with Crippen molar-refractivity contribution in [3.63, 3.8) is 0 Å². The van der Waals surface area contributed by atoms with Crippen LogP contribution in [0.2, 0.25) is 15.1 Å². The summed E-state index contributed by atoms with van der Waals surface area (Å²) in [6.07, 6.45) is -3.30. The number of anilines is 1. The van der Waals surface area contributed by atoms with Gasteiger partial charge >= 0.3 is 6.18 Å². The van der Waals surface area contributed by atoms with Gasteiger partial charge in [-0.3, -0.25) is 9.48 Å². The Balaban J connectivity index is 1.45. The summed E-state index contributed by atoms with van der Waals surface area (Å²) in [5.74, 6) is -0.564. The van der Waals surface area contributed by atoms with Crippen LogP contribution in [0.25, 0.3) is 16.9 Å². The number of amides is 1. The molecule has 13 heteroatoms. The highest BCUT2D eigenvalue weighted by molar-refractivity contribution is 6.36. The van der Waals surface area contributed by atoms with Crippen LogP contribution in [0, 0.1) is 0 Å². The van der Waals surface area contributed by atoms with Gasteiger partial charge in [0.15, 0.2) is 22.9 Å². The molecule has 0 saturated heterocycles. The normalized spacial score (nSPS) is 11.9. The number of nitrogens with zero attached hydrogens (tertiary/aromatic N) is 5. The summed E-state index contributed by atoms with van der Waals surface area (Å²) in [7, 11) is 0. The molecule has 0 fully saturated rings. The highest BCUT2D eigenvalue weighted by atomic mass is 35.5. The Kier molecular flexibility index (Phi) is 7.52. The maximum Gasteiger partial charge on any atom is 0.433 e. The lowest BCUT2D eigenvalue weighted by atomic mass is 10.0. The molecule has 206 valence electrons. The number of carbonyl (C=O) groups is 1. The highest BCUT2D eigenvalue weighted by Crippen LogP contribution is 2.33. The lowest BCUT2D eigenvalue weighted by Crippen LogP contribution is -2.16. The summed E-state index contributed by atoms with van der Waals surface area (Å²) in [5.41, 5.74) is 0.725. The Labute approximate surface area is 241 Å². The first-order chi connectivity index (χ1) is 18.9. The van der Waals surface area contributed by atoms with Crippen LogP contribution < -0.4 is 5.32 Å². The lowest BCUT2D eigenvalue weighted by Gasteiger charge is -2.11. The van der Waals surface area contributed by atoms with Gasteiger partial charge in [0.2, 0.25) is 0 Å². The van der Waals surface area contributed by atoms with Gasteiger partial charge in [0.25, 0.3) is 5.91 Å². The Morgan fingerprint density at radius 3 is 2.27 bits per heavy atom. The fourth-order valence-corrected chi connectivity index (χ4v) is 4.77. The number of alkyl halides is 3. The van der Waals surface area contributed by atoms with E-state index in [-0.39, 0.29) is 40.3 Å². The van der Waals surface area contributed by atoms with Crippen LogP contribution in [-0.2, 0) is 12.7 Å². The number of fused-ring (bicyclic) bond motifs is 1. The highest BCUT2D eigenvalue weighted by Gasteiger charge is 2.35. The molecular weight excluding hydrogens is 588 g/mol. The number of carbonyl (C=O) groups excluding carboxylic acids is 1. The lowest BCUT2D eigenvalue weighted by molar-refractivity contribution is -0.142. The van der Waals surface area contributed by atoms with Crippen molar-refractivity contribution in [1.82, 2.24) is 24.4 Å². The molecule has 0 aliphatic heterocycles. The molecule has 0 radical (unpaired) electrons. The van der Waals surface area contributed by atoms with Crippen LogP contribution in [0.1, 0.15) is 47.1 Å². The summed E-state index contributed by atoms with van der Waals surface area (Å²) in [4.78, 5) is 17.3. The Hall–Kier alpha value is -3.60. The topological polar surface area (TPSA) is 77.1 Å². The molecule has 1 N–H and O–H groups in total. The monoisotopic (exact) mass is 606 g/mol. The molecule has 0 aliphatic rings. The summed E-state index contributed by atoms with van der Waals surface area (Å²) < 4.78 is 44.0. The number of rotatable bonds is 6. The van der Waals surface area contributed by atoms with Gasteiger partial charge in [-0.2, -0.15) is 23.4 Å². The molecule has 5 aromatic rings. The fraction of sp³-hybridized carbons (Fsp3) is 0.185. The zero-order chi connectivity index (χ0) is 28.8. The number of aromatic nitrogens is 5. The molecule has 0 bridgehead atoms. The first-order valence-electron chi connectivity index (χ1n) is 12.0. The Morgan fingerprint density at radius 1 is 0.975 bits per heavy atom. The predicted molar refractivity (Wildman–Crippen MR) is 148 cm³/mol. The Bertz CT molecular complexity index is 1710. The minimum Gasteiger partial charge on any atom is -0.302 e. The first kappa shape index (κ1) is 27.9. The number of benzene rings is 2. The van der Waals surface area contributed by atoms with Crippen molar-refractivity contribution in [1.29, 1.82) is 0 Å². The summed E-state index contributed by atoms with van der Waals surface area (Å²) >= 11 is 18.7. The van der Waals surface area contributed by atoms with Crippen molar-refractivity contribution in [2.24, 2.45) is 0 Å². The van der Waals surface area contributed by atoms with E-state index in [1.165, 1.54) is 16.9 Å². The van der Waals surface area contributed by atoms with Crippen LogP contribution in [-0.4, -0.2) is 30.3 Å². The molecule has 2 aromatic carbocycles. The number of nitrogens with one attached hydrogen (secondary N) is 1. The maximum atomic E-state index is 14.0. The predicted octanol–water partition coefficient (Wildman–Crippen LogP) is 8.00. The van der Waals surface area contributed by atoms with E-state index in [0.29, 0.717) is 25.7 Å². The van der Waals surface area contributed by atoms with Gasteiger partial charge in [-0.15, -0.1) is 0 Å². The fourth-order valence-electron chi connectivity index (χ4n) is 4.05. The van der Waals surface area contributed by atoms with Crippen molar-refractivity contribution >= 4 is 52.2 Å². The van der Waals surface area contributed by atoms with Gasteiger partial charge in [-0.25, -0.2) is 9.50 Å². The largest absolute Gasteiger partial charge is 0.433 e. The van der Waals surface area contributed by atoms with Crippen molar-refractivity contribution in [2.45, 2.75) is 32.5 Å². The van der Waals surface area contributed by atoms with E-state index in [1.807, 2.05) is 26.0 Å². The average molecular weight is 608 g/mol. The van der Waals surface area contributed by atoms with E-state index >= 15 is 0 Å². The minimum atomic E-state index is -4.75. The van der Waals surface area contributed by atoms with E-state index in [1.54, 1.807) is 30.3 Å². The second kappa shape index (κ2) is 10.8. The standard InChI is InChI=1S/C27H20Cl3F3N6O/c1-14(2)15-6-8-16(9-7-15)21-10-23(27(31,32)33)39-24(34-21)11-22(36-39)26(40)35-25-20(30)13-38(37-25)12-17-18(28)4-3-5-19(17)29/h3-11,13-14H,12H2,1-2H3,(H,35,37,40).